The number of methoxy groups -OCH3 is 3. The second-order valence-electron chi connectivity index (χ2n) is 11.4. The number of nitrogens with zero attached hydrogens (tertiary/aromatic N) is 2. The first kappa shape index (κ1) is 32.7. The molecule has 2 aromatic carbocycles. The lowest BCUT2D eigenvalue weighted by atomic mass is 9.86. The molecule has 1 aliphatic rings. The van der Waals surface area contributed by atoms with E-state index in [4.69, 9.17) is 14.2 Å². The zero-order valence-corrected chi connectivity index (χ0v) is 26.1. The van der Waals surface area contributed by atoms with E-state index >= 15 is 0 Å². The van der Waals surface area contributed by atoms with E-state index in [0.29, 0.717) is 36.6 Å². The van der Waals surface area contributed by atoms with Gasteiger partial charge in [0.1, 0.15) is 0 Å². The average Bonchev–Trinajstić information content (AvgIpc) is 3.07. The van der Waals surface area contributed by atoms with Crippen LogP contribution in [0.3, 0.4) is 0 Å². The van der Waals surface area contributed by atoms with Crippen LogP contribution in [-0.4, -0.2) is 61.3 Å². The molecular formula is C36H44N2O6. The molecule has 2 atom stereocenters. The van der Waals surface area contributed by atoms with Gasteiger partial charge < -0.3 is 19.1 Å². The molecule has 0 bridgehead atoms. The first-order valence-corrected chi connectivity index (χ1v) is 15.6. The van der Waals surface area contributed by atoms with E-state index in [1.165, 1.54) is 49.5 Å². The maximum atomic E-state index is 13.9. The molecule has 44 heavy (non-hydrogen) atoms. The van der Waals surface area contributed by atoms with Gasteiger partial charge in [-0.05, 0) is 93.0 Å². The number of pyridine rings is 1. The van der Waals surface area contributed by atoms with Crippen molar-refractivity contribution in [3.05, 3.63) is 83.7 Å². The maximum Gasteiger partial charge on any atom is 0.295 e. The zero-order valence-electron chi connectivity index (χ0n) is 26.1. The third-order valence-electron chi connectivity index (χ3n) is 8.47. The predicted octanol–water partition coefficient (Wildman–Crippen LogP) is 6.29. The van der Waals surface area contributed by atoms with Crippen molar-refractivity contribution in [3.63, 3.8) is 0 Å². The molecule has 0 aliphatic carbocycles. The number of aryl methyl sites for hydroxylation is 2. The lowest BCUT2D eigenvalue weighted by Crippen LogP contribution is -2.50. The van der Waals surface area contributed by atoms with Crippen LogP contribution in [0.15, 0.2) is 67.0 Å². The monoisotopic (exact) mass is 600 g/mol. The summed E-state index contributed by atoms with van der Waals surface area (Å²) in [6, 6.07) is 16.8. The highest BCUT2D eigenvalue weighted by molar-refractivity contribution is 6.43. The fourth-order valence-electron chi connectivity index (χ4n) is 6.12. The summed E-state index contributed by atoms with van der Waals surface area (Å²) in [6.07, 6.45) is 11.9. The summed E-state index contributed by atoms with van der Waals surface area (Å²) in [6.45, 7) is 0.380. The summed E-state index contributed by atoms with van der Waals surface area (Å²) < 4.78 is 16.1. The minimum atomic E-state index is -0.695. The SMILES string of the molecule is COc1cc(C(=O)C(=O)N2CCCC[C@H]2C(=O)CC(CCCc2ccccc2)CCCc2cccnc2)cc(OC)c1OC. The van der Waals surface area contributed by atoms with Crippen molar-refractivity contribution >= 4 is 17.5 Å². The highest BCUT2D eigenvalue weighted by Gasteiger charge is 2.36. The minimum Gasteiger partial charge on any atom is -0.493 e. The van der Waals surface area contributed by atoms with Crippen LogP contribution >= 0.6 is 0 Å². The van der Waals surface area contributed by atoms with Gasteiger partial charge in [-0.2, -0.15) is 0 Å². The van der Waals surface area contributed by atoms with Gasteiger partial charge in [-0.1, -0.05) is 36.4 Å². The Morgan fingerprint density at radius 1 is 0.864 bits per heavy atom. The van der Waals surface area contributed by atoms with Gasteiger partial charge in [-0.15, -0.1) is 0 Å². The second kappa shape index (κ2) is 16.6. The van der Waals surface area contributed by atoms with Gasteiger partial charge in [0.25, 0.3) is 11.7 Å². The van der Waals surface area contributed by atoms with Crippen LogP contribution in [0, 0.1) is 5.92 Å². The molecule has 1 fully saturated rings. The Morgan fingerprint density at radius 2 is 1.52 bits per heavy atom. The normalized spacial score (nSPS) is 15.3. The average molecular weight is 601 g/mol. The summed E-state index contributed by atoms with van der Waals surface area (Å²) in [4.78, 5) is 46.7. The van der Waals surface area contributed by atoms with Crippen molar-refractivity contribution in [2.45, 2.75) is 70.3 Å². The van der Waals surface area contributed by atoms with Gasteiger partial charge in [0.15, 0.2) is 17.3 Å². The van der Waals surface area contributed by atoms with Crippen LogP contribution in [0.4, 0.5) is 0 Å². The van der Waals surface area contributed by atoms with Crippen LogP contribution in [-0.2, 0) is 22.4 Å². The molecule has 0 N–H and O–H groups in total. The highest BCUT2D eigenvalue weighted by atomic mass is 16.5. The molecule has 1 amide bonds. The van der Waals surface area contributed by atoms with Crippen LogP contribution in [0.25, 0.3) is 0 Å². The van der Waals surface area contributed by atoms with E-state index in [9.17, 15) is 14.4 Å². The third-order valence-corrected chi connectivity index (χ3v) is 8.47. The molecular weight excluding hydrogens is 556 g/mol. The largest absolute Gasteiger partial charge is 0.493 e. The number of benzene rings is 2. The summed E-state index contributed by atoms with van der Waals surface area (Å²) in [5.41, 5.74) is 2.62. The number of carbonyl (C=O) groups excluding carboxylic acids is 3. The molecule has 3 aromatic rings. The first-order chi connectivity index (χ1) is 21.4. The molecule has 8 heteroatoms. The van der Waals surface area contributed by atoms with E-state index in [-0.39, 0.29) is 17.3 Å². The number of aromatic nitrogens is 1. The molecule has 1 unspecified atom stereocenters. The first-order valence-electron chi connectivity index (χ1n) is 15.6. The lowest BCUT2D eigenvalue weighted by molar-refractivity contribution is -0.138. The Bertz CT molecular complexity index is 1310. The molecule has 0 saturated carbocycles. The molecule has 1 saturated heterocycles. The fourth-order valence-corrected chi connectivity index (χ4v) is 6.12. The number of Topliss-reactive ketones (excluding diaryl/α,β-unsaturated/α-hetero) is 2. The van der Waals surface area contributed by atoms with Crippen molar-refractivity contribution in [1.82, 2.24) is 9.88 Å². The van der Waals surface area contributed by atoms with Crippen LogP contribution in [0.2, 0.25) is 0 Å². The van der Waals surface area contributed by atoms with E-state index in [2.05, 4.69) is 35.3 Å². The zero-order chi connectivity index (χ0) is 31.3. The minimum absolute atomic E-state index is 0.0434. The van der Waals surface area contributed by atoms with Gasteiger partial charge in [-0.3, -0.25) is 19.4 Å². The van der Waals surface area contributed by atoms with E-state index < -0.39 is 17.7 Å². The Kier molecular flexibility index (Phi) is 12.3. The number of amides is 1. The molecule has 1 aromatic heterocycles. The number of ether oxygens (including phenoxy) is 3. The number of hydrogen-bond donors (Lipinski definition) is 0. The van der Waals surface area contributed by atoms with E-state index in [1.54, 1.807) is 6.20 Å². The van der Waals surface area contributed by atoms with E-state index in [1.807, 2.05) is 18.3 Å². The van der Waals surface area contributed by atoms with Crippen LogP contribution in [0.1, 0.15) is 72.9 Å². The standard InChI is InChI=1S/C36H44N2O6/c1-42-32-23-29(24-33(43-2)35(32)44-3)34(40)36(41)38-21-8-7-19-30(38)31(39)22-27(15-9-14-26-12-5-4-6-13-26)16-10-17-28-18-11-20-37-25-28/h4-6,11-13,18,20,23-25,27,30H,7-10,14-17,19,21-22H2,1-3H3/t27?,30-/m0/s1. The van der Waals surface area contributed by atoms with Crippen molar-refractivity contribution in [2.24, 2.45) is 5.92 Å². The maximum absolute atomic E-state index is 13.9. The topological polar surface area (TPSA) is 95.0 Å². The second-order valence-corrected chi connectivity index (χ2v) is 11.4. The molecule has 234 valence electrons. The summed E-state index contributed by atoms with van der Waals surface area (Å²) >= 11 is 0. The van der Waals surface area contributed by atoms with E-state index in [0.717, 1.165) is 51.4 Å². The Balaban J connectivity index is 1.45. The number of rotatable bonds is 16. The Hall–Kier alpha value is -4.20. The van der Waals surface area contributed by atoms with Crippen molar-refractivity contribution in [3.8, 4) is 17.2 Å². The number of ketones is 2. The van der Waals surface area contributed by atoms with Crippen LogP contribution < -0.4 is 14.2 Å². The Morgan fingerprint density at radius 3 is 2.14 bits per heavy atom. The van der Waals surface area contributed by atoms with Crippen molar-refractivity contribution in [1.29, 1.82) is 0 Å². The molecule has 1 aliphatic heterocycles. The molecule has 0 radical (unpaired) electrons. The summed E-state index contributed by atoms with van der Waals surface area (Å²) in [5.74, 6) is -0.201. The lowest BCUT2D eigenvalue weighted by Gasteiger charge is -2.35. The summed E-state index contributed by atoms with van der Waals surface area (Å²) in [7, 11) is 4.39. The van der Waals surface area contributed by atoms with Crippen molar-refractivity contribution in [2.75, 3.05) is 27.9 Å². The highest BCUT2D eigenvalue weighted by Crippen LogP contribution is 2.38. The van der Waals surface area contributed by atoms with Gasteiger partial charge in [-0.25, -0.2) is 0 Å². The number of likely N-dealkylation sites (tertiary alicyclic amines) is 1. The molecule has 0 spiro atoms. The number of carbonyl (C=O) groups is 3. The summed E-state index contributed by atoms with van der Waals surface area (Å²) in [5, 5.41) is 0. The quantitative estimate of drug-likeness (QED) is 0.141. The van der Waals surface area contributed by atoms with Crippen molar-refractivity contribution < 1.29 is 28.6 Å². The predicted molar refractivity (Wildman–Crippen MR) is 169 cm³/mol. The third kappa shape index (κ3) is 8.68. The number of piperidine rings is 1. The van der Waals surface area contributed by atoms with Gasteiger partial charge in [0, 0.05) is 30.9 Å². The smallest absolute Gasteiger partial charge is 0.295 e. The molecule has 4 rings (SSSR count). The number of hydrogen-bond acceptors (Lipinski definition) is 7. The molecule has 8 nitrogen and oxygen atoms in total. The Labute approximate surface area is 260 Å². The van der Waals surface area contributed by atoms with Gasteiger partial charge >= 0.3 is 0 Å². The molecule has 2 heterocycles. The van der Waals surface area contributed by atoms with Gasteiger partial charge in [0.2, 0.25) is 5.75 Å². The fraction of sp³-hybridized carbons (Fsp3) is 0.444. The van der Waals surface area contributed by atoms with Crippen LogP contribution in [0.5, 0.6) is 17.2 Å². The van der Waals surface area contributed by atoms with Gasteiger partial charge in [0.05, 0.1) is 27.4 Å².